The van der Waals surface area contributed by atoms with E-state index in [1.54, 1.807) is 30.3 Å². The zero-order valence-electron chi connectivity index (χ0n) is 19.8. The van der Waals surface area contributed by atoms with Crippen molar-refractivity contribution in [1.82, 2.24) is 0 Å². The first kappa shape index (κ1) is 22.5. The number of rotatable bonds is 3. The van der Waals surface area contributed by atoms with E-state index in [0.717, 1.165) is 16.8 Å². The molecule has 0 saturated carbocycles. The molecule has 1 fully saturated rings. The van der Waals surface area contributed by atoms with Gasteiger partial charge >= 0.3 is 0 Å². The summed E-state index contributed by atoms with van der Waals surface area (Å²) in [5.74, 6) is -1.32. The van der Waals surface area contributed by atoms with Crippen LogP contribution in [0.3, 0.4) is 0 Å². The molecule has 5 rings (SSSR count). The average molecular weight is 471 g/mol. The van der Waals surface area contributed by atoms with Crippen LogP contribution in [-0.2, 0) is 9.59 Å². The number of fused-ring (bicyclic) bond motifs is 1. The molecule has 1 amide bonds. The van der Waals surface area contributed by atoms with Crippen molar-refractivity contribution in [1.29, 1.82) is 0 Å². The minimum absolute atomic E-state index is 0.0270. The summed E-state index contributed by atoms with van der Waals surface area (Å²) in [6.07, 6.45) is 0. The summed E-state index contributed by atoms with van der Waals surface area (Å²) in [6.45, 7) is 5.01. The Balaban J connectivity index is 1.73. The fourth-order valence-corrected chi connectivity index (χ4v) is 4.72. The number of nitrogens with zero attached hydrogens (tertiary/aromatic N) is 2. The van der Waals surface area contributed by atoms with Crippen LogP contribution >= 0.6 is 0 Å². The van der Waals surface area contributed by atoms with E-state index < -0.39 is 17.7 Å². The number of hydrogen-bond donors (Lipinski definition) is 2. The standard InChI is InChI=1S/C28H26N2O5/c1-16-5-4-6-18(13-16)25-24(26(32)19-8-10-23-21(15-19)29(3)11-12-35-23)27(33)28(34)30(25)20-14-17(2)7-9-22(20)31/h4-10,13-15,25,31-32H,11-12H2,1-3H3/b26-24-. The van der Waals surface area contributed by atoms with E-state index in [1.165, 1.54) is 11.0 Å². The summed E-state index contributed by atoms with van der Waals surface area (Å²) < 4.78 is 5.70. The first-order valence-corrected chi connectivity index (χ1v) is 11.4. The van der Waals surface area contributed by atoms with Crippen molar-refractivity contribution in [3.8, 4) is 11.5 Å². The highest BCUT2D eigenvalue weighted by molar-refractivity contribution is 6.52. The minimum atomic E-state index is -0.910. The zero-order chi connectivity index (χ0) is 24.9. The van der Waals surface area contributed by atoms with E-state index in [9.17, 15) is 19.8 Å². The summed E-state index contributed by atoms with van der Waals surface area (Å²) in [5, 5.41) is 22.1. The normalized spacial score (nSPS) is 19.0. The largest absolute Gasteiger partial charge is 0.507 e. The molecule has 1 atom stereocenters. The van der Waals surface area contributed by atoms with Crippen LogP contribution in [0.4, 0.5) is 11.4 Å². The molecule has 178 valence electrons. The molecule has 1 unspecified atom stereocenters. The van der Waals surface area contributed by atoms with Crippen LogP contribution in [0.1, 0.15) is 28.3 Å². The summed E-state index contributed by atoms with van der Waals surface area (Å²) in [6, 6.07) is 16.6. The number of ether oxygens (including phenoxy) is 1. The Labute approximate surface area is 203 Å². The smallest absolute Gasteiger partial charge is 0.300 e. The van der Waals surface area contributed by atoms with Crippen LogP contribution in [-0.4, -0.2) is 42.1 Å². The fourth-order valence-electron chi connectivity index (χ4n) is 4.72. The van der Waals surface area contributed by atoms with Crippen molar-refractivity contribution in [2.45, 2.75) is 19.9 Å². The molecule has 2 N–H and O–H groups in total. The van der Waals surface area contributed by atoms with E-state index in [1.807, 2.05) is 50.1 Å². The number of Topliss-reactive ketones (excluding diaryl/α,β-unsaturated/α-hetero) is 1. The molecule has 2 aliphatic rings. The third kappa shape index (κ3) is 3.79. The van der Waals surface area contributed by atoms with Crippen LogP contribution in [0.25, 0.3) is 5.76 Å². The number of aromatic hydroxyl groups is 1. The minimum Gasteiger partial charge on any atom is -0.507 e. The lowest BCUT2D eigenvalue weighted by molar-refractivity contribution is -0.132. The molecule has 3 aromatic rings. The third-order valence-electron chi connectivity index (χ3n) is 6.52. The average Bonchev–Trinajstić information content (AvgIpc) is 3.10. The Kier molecular flexibility index (Phi) is 5.47. The second kappa shape index (κ2) is 8.51. The highest BCUT2D eigenvalue weighted by atomic mass is 16.5. The number of amides is 1. The molecule has 0 spiro atoms. The predicted octanol–water partition coefficient (Wildman–Crippen LogP) is 4.46. The van der Waals surface area contributed by atoms with Crippen molar-refractivity contribution >= 4 is 28.8 Å². The number of phenolic OH excluding ortho intramolecular Hbond substituents is 1. The number of hydrogen-bond acceptors (Lipinski definition) is 6. The van der Waals surface area contributed by atoms with E-state index in [2.05, 4.69) is 0 Å². The summed E-state index contributed by atoms with van der Waals surface area (Å²) in [5.41, 5.74) is 3.81. The number of phenols is 1. The molecule has 0 aliphatic carbocycles. The van der Waals surface area contributed by atoms with E-state index in [0.29, 0.717) is 30.0 Å². The molecule has 7 heteroatoms. The molecular weight excluding hydrogens is 444 g/mol. The van der Waals surface area contributed by atoms with Gasteiger partial charge in [-0.1, -0.05) is 35.9 Å². The molecule has 0 aromatic heterocycles. The zero-order valence-corrected chi connectivity index (χ0v) is 19.8. The molecule has 35 heavy (non-hydrogen) atoms. The Morgan fingerprint density at radius 1 is 0.971 bits per heavy atom. The van der Waals surface area contributed by atoms with Gasteiger partial charge in [-0.25, -0.2) is 0 Å². The summed E-state index contributed by atoms with van der Waals surface area (Å²) in [7, 11) is 1.93. The second-order valence-electron chi connectivity index (χ2n) is 9.03. The maximum atomic E-state index is 13.4. The number of benzene rings is 3. The summed E-state index contributed by atoms with van der Waals surface area (Å²) >= 11 is 0. The second-order valence-corrected chi connectivity index (χ2v) is 9.03. The van der Waals surface area contributed by atoms with Crippen LogP contribution in [0, 0.1) is 13.8 Å². The SMILES string of the molecule is Cc1cccc(C2/C(=C(/O)c3ccc4c(c3)N(C)CCO4)C(=O)C(=O)N2c2cc(C)ccc2O)c1. The lowest BCUT2D eigenvalue weighted by Gasteiger charge is -2.28. The monoisotopic (exact) mass is 470 g/mol. The van der Waals surface area contributed by atoms with E-state index in [4.69, 9.17) is 4.74 Å². The van der Waals surface area contributed by atoms with E-state index >= 15 is 0 Å². The number of carbonyl (C=O) groups excluding carboxylic acids is 2. The molecular formula is C28H26N2O5. The van der Waals surface area contributed by atoms with Gasteiger partial charge in [0.05, 0.1) is 29.5 Å². The molecule has 2 aliphatic heterocycles. The number of ketones is 1. The number of anilines is 2. The Bertz CT molecular complexity index is 1390. The summed E-state index contributed by atoms with van der Waals surface area (Å²) in [4.78, 5) is 30.0. The maximum Gasteiger partial charge on any atom is 0.300 e. The third-order valence-corrected chi connectivity index (χ3v) is 6.52. The highest BCUT2D eigenvalue weighted by Crippen LogP contribution is 2.45. The van der Waals surface area contributed by atoms with Gasteiger partial charge in [-0.05, 0) is 55.3 Å². The first-order valence-electron chi connectivity index (χ1n) is 11.4. The van der Waals surface area contributed by atoms with Gasteiger partial charge in [-0.15, -0.1) is 0 Å². The van der Waals surface area contributed by atoms with Gasteiger partial charge in [-0.2, -0.15) is 0 Å². The van der Waals surface area contributed by atoms with Crippen molar-refractivity contribution in [2.24, 2.45) is 0 Å². The van der Waals surface area contributed by atoms with Gasteiger partial charge in [0.25, 0.3) is 11.7 Å². The van der Waals surface area contributed by atoms with Gasteiger partial charge in [0.1, 0.15) is 23.9 Å². The molecule has 2 heterocycles. The van der Waals surface area contributed by atoms with Crippen LogP contribution in [0.2, 0.25) is 0 Å². The van der Waals surface area contributed by atoms with Crippen LogP contribution in [0.5, 0.6) is 11.5 Å². The Hall–Kier alpha value is -4.26. The van der Waals surface area contributed by atoms with Crippen LogP contribution in [0.15, 0.2) is 66.2 Å². The highest BCUT2D eigenvalue weighted by Gasteiger charge is 2.47. The maximum absolute atomic E-state index is 13.4. The molecule has 0 radical (unpaired) electrons. The number of likely N-dealkylation sites (N-methyl/N-ethyl adjacent to an activating group) is 1. The molecule has 1 saturated heterocycles. The number of aryl methyl sites for hydroxylation is 2. The first-order chi connectivity index (χ1) is 16.8. The van der Waals surface area contributed by atoms with Gasteiger partial charge in [0.15, 0.2) is 0 Å². The number of carbonyl (C=O) groups is 2. The number of aliphatic hydroxyl groups is 1. The Morgan fingerprint density at radius 2 is 1.74 bits per heavy atom. The van der Waals surface area contributed by atoms with Crippen LogP contribution < -0.4 is 14.5 Å². The van der Waals surface area contributed by atoms with Gasteiger partial charge in [-0.3, -0.25) is 14.5 Å². The quantitative estimate of drug-likeness (QED) is 0.334. The van der Waals surface area contributed by atoms with Crippen molar-refractivity contribution < 1.29 is 24.5 Å². The topological polar surface area (TPSA) is 90.3 Å². The number of aliphatic hydroxyl groups excluding tert-OH is 1. The van der Waals surface area contributed by atoms with Crippen molar-refractivity contribution in [2.75, 3.05) is 30.0 Å². The van der Waals surface area contributed by atoms with Crippen molar-refractivity contribution in [3.63, 3.8) is 0 Å². The predicted molar refractivity (Wildman–Crippen MR) is 134 cm³/mol. The van der Waals surface area contributed by atoms with Gasteiger partial charge < -0.3 is 19.8 Å². The molecule has 0 bridgehead atoms. The van der Waals surface area contributed by atoms with Gasteiger partial charge in [0.2, 0.25) is 0 Å². The Morgan fingerprint density at radius 3 is 2.51 bits per heavy atom. The molecule has 7 nitrogen and oxygen atoms in total. The van der Waals surface area contributed by atoms with E-state index in [-0.39, 0.29) is 22.8 Å². The van der Waals surface area contributed by atoms with Gasteiger partial charge in [0, 0.05) is 12.6 Å². The molecule has 3 aromatic carbocycles. The van der Waals surface area contributed by atoms with Crippen molar-refractivity contribution in [3.05, 3.63) is 88.5 Å². The fraction of sp³-hybridized carbons (Fsp3) is 0.214. The lowest BCUT2D eigenvalue weighted by atomic mass is 9.94. The lowest BCUT2D eigenvalue weighted by Crippen LogP contribution is -2.29.